The van der Waals surface area contributed by atoms with Gasteiger partial charge in [0.05, 0.1) is 15.5 Å². The van der Waals surface area contributed by atoms with Gasteiger partial charge in [-0.1, -0.05) is 23.2 Å². The lowest BCUT2D eigenvalue weighted by Gasteiger charge is -2.08. The number of sulfonamides is 1. The number of nitrogen functional groups attached to an aromatic ring is 1. The number of nitrogens with one attached hydrogen (secondary N) is 1. The van der Waals surface area contributed by atoms with Crippen LogP contribution in [0.5, 0.6) is 0 Å². The maximum Gasteiger partial charge on any atom is 0.266 e. The van der Waals surface area contributed by atoms with Crippen LogP contribution in [0.3, 0.4) is 0 Å². The van der Waals surface area contributed by atoms with Gasteiger partial charge in [-0.05, 0) is 42.5 Å². The molecule has 21 heavy (non-hydrogen) atoms. The van der Waals surface area contributed by atoms with Crippen LogP contribution in [0.15, 0.2) is 47.4 Å². The molecular formula is C13H10Cl2N2O3S. The Morgan fingerprint density at radius 2 is 1.67 bits per heavy atom. The Labute approximate surface area is 131 Å². The summed E-state index contributed by atoms with van der Waals surface area (Å²) >= 11 is 11.6. The lowest BCUT2D eigenvalue weighted by molar-refractivity contribution is 0.0981. The smallest absolute Gasteiger partial charge is 0.266 e. The summed E-state index contributed by atoms with van der Waals surface area (Å²) < 4.78 is 26.1. The van der Waals surface area contributed by atoms with E-state index in [1.807, 2.05) is 4.72 Å². The number of carbonyl (C=O) groups excluding carboxylic acids is 1. The molecule has 2 aromatic rings. The first-order valence-electron chi connectivity index (χ1n) is 5.67. The van der Waals surface area contributed by atoms with Crippen molar-refractivity contribution in [1.29, 1.82) is 0 Å². The van der Waals surface area contributed by atoms with E-state index in [4.69, 9.17) is 28.9 Å². The fourth-order valence-electron chi connectivity index (χ4n) is 1.57. The molecule has 2 aromatic carbocycles. The van der Waals surface area contributed by atoms with Crippen molar-refractivity contribution in [3.8, 4) is 0 Å². The highest BCUT2D eigenvalue weighted by Crippen LogP contribution is 2.20. The van der Waals surface area contributed by atoms with Crippen molar-refractivity contribution in [3.63, 3.8) is 0 Å². The first kappa shape index (κ1) is 15.6. The lowest BCUT2D eigenvalue weighted by Crippen LogP contribution is -2.30. The van der Waals surface area contributed by atoms with E-state index in [1.165, 1.54) is 42.5 Å². The molecule has 0 atom stereocenters. The fourth-order valence-corrected chi connectivity index (χ4v) is 2.93. The molecule has 0 saturated carbocycles. The molecule has 0 aliphatic heterocycles. The number of carbonyl (C=O) groups is 1. The Kier molecular flexibility index (Phi) is 4.41. The normalized spacial score (nSPS) is 11.1. The van der Waals surface area contributed by atoms with Crippen molar-refractivity contribution in [2.45, 2.75) is 4.90 Å². The maximum absolute atomic E-state index is 12.1. The summed E-state index contributed by atoms with van der Waals surface area (Å²) in [7, 11) is -4.00. The predicted octanol–water partition coefficient (Wildman–Crippen LogP) is 2.69. The molecule has 0 aromatic heterocycles. The maximum atomic E-state index is 12.1. The molecule has 0 saturated heterocycles. The number of benzene rings is 2. The molecule has 110 valence electrons. The third-order valence-electron chi connectivity index (χ3n) is 2.59. The zero-order chi connectivity index (χ0) is 15.6. The highest BCUT2D eigenvalue weighted by Gasteiger charge is 2.20. The topological polar surface area (TPSA) is 89.3 Å². The highest BCUT2D eigenvalue weighted by molar-refractivity contribution is 7.90. The number of amides is 1. The van der Waals surface area contributed by atoms with Gasteiger partial charge in [0.15, 0.2) is 0 Å². The number of nitrogens with two attached hydrogens (primary N) is 1. The third-order valence-corrected chi connectivity index (χ3v) is 4.50. The van der Waals surface area contributed by atoms with E-state index in [-0.39, 0.29) is 15.5 Å². The van der Waals surface area contributed by atoms with E-state index in [9.17, 15) is 13.2 Å². The van der Waals surface area contributed by atoms with E-state index in [2.05, 4.69) is 0 Å². The lowest BCUT2D eigenvalue weighted by atomic mass is 10.2. The third kappa shape index (κ3) is 3.66. The van der Waals surface area contributed by atoms with Gasteiger partial charge in [-0.15, -0.1) is 0 Å². The summed E-state index contributed by atoms with van der Waals surface area (Å²) in [5.41, 5.74) is 5.90. The van der Waals surface area contributed by atoms with E-state index in [0.29, 0.717) is 10.7 Å². The molecule has 0 heterocycles. The van der Waals surface area contributed by atoms with E-state index >= 15 is 0 Å². The van der Waals surface area contributed by atoms with Crippen LogP contribution in [0.25, 0.3) is 0 Å². The van der Waals surface area contributed by atoms with E-state index in [1.54, 1.807) is 0 Å². The summed E-state index contributed by atoms with van der Waals surface area (Å²) in [6, 6.07) is 9.59. The van der Waals surface area contributed by atoms with Gasteiger partial charge in [0.1, 0.15) is 0 Å². The molecule has 0 aliphatic carbocycles. The predicted molar refractivity (Wildman–Crippen MR) is 82.0 cm³/mol. The van der Waals surface area contributed by atoms with Crippen molar-refractivity contribution in [1.82, 2.24) is 4.72 Å². The van der Waals surface area contributed by atoms with Crippen LogP contribution in [0, 0.1) is 0 Å². The Balaban J connectivity index is 2.28. The van der Waals surface area contributed by atoms with Gasteiger partial charge in [-0.3, -0.25) is 4.79 Å². The van der Waals surface area contributed by atoms with Gasteiger partial charge < -0.3 is 5.73 Å². The Morgan fingerprint density at radius 1 is 1.05 bits per heavy atom. The minimum atomic E-state index is -4.00. The second-order valence-corrected chi connectivity index (χ2v) is 6.65. The molecule has 0 radical (unpaired) electrons. The van der Waals surface area contributed by atoms with Crippen molar-refractivity contribution in [3.05, 3.63) is 58.1 Å². The van der Waals surface area contributed by atoms with Crippen molar-refractivity contribution in [2.75, 3.05) is 5.73 Å². The molecule has 8 heteroatoms. The summed E-state index contributed by atoms with van der Waals surface area (Å²) in [6.07, 6.45) is 0. The average Bonchev–Trinajstić information content (AvgIpc) is 2.38. The van der Waals surface area contributed by atoms with Crippen LogP contribution >= 0.6 is 23.2 Å². The van der Waals surface area contributed by atoms with Crippen LogP contribution in [-0.2, 0) is 10.0 Å². The molecular weight excluding hydrogens is 335 g/mol. The number of hydrogen-bond donors (Lipinski definition) is 2. The Morgan fingerprint density at radius 3 is 2.24 bits per heavy atom. The average molecular weight is 345 g/mol. The SMILES string of the molecule is Nc1ccc(C(=O)NS(=O)(=O)c2ccc(Cl)cc2)c(Cl)c1. The quantitative estimate of drug-likeness (QED) is 0.837. The molecule has 5 nitrogen and oxygen atoms in total. The van der Waals surface area contributed by atoms with Gasteiger partial charge in [0.25, 0.3) is 15.9 Å². The number of rotatable bonds is 3. The summed E-state index contributed by atoms with van der Waals surface area (Å²) in [5.74, 6) is -0.838. The van der Waals surface area contributed by atoms with Crippen LogP contribution < -0.4 is 10.5 Å². The Hall–Kier alpha value is -1.76. The van der Waals surface area contributed by atoms with Crippen LogP contribution in [0.2, 0.25) is 10.0 Å². The van der Waals surface area contributed by atoms with E-state index in [0.717, 1.165) is 0 Å². The highest BCUT2D eigenvalue weighted by atomic mass is 35.5. The first-order chi connectivity index (χ1) is 9.79. The van der Waals surface area contributed by atoms with E-state index < -0.39 is 15.9 Å². The summed E-state index contributed by atoms with van der Waals surface area (Å²) in [6.45, 7) is 0. The van der Waals surface area contributed by atoms with Gasteiger partial charge in [0.2, 0.25) is 0 Å². The number of halogens is 2. The van der Waals surface area contributed by atoms with Crippen LogP contribution in [0.1, 0.15) is 10.4 Å². The van der Waals surface area contributed by atoms with Crippen molar-refractivity contribution >= 4 is 44.8 Å². The second kappa shape index (κ2) is 5.93. The number of hydrogen-bond acceptors (Lipinski definition) is 4. The summed E-state index contributed by atoms with van der Waals surface area (Å²) in [4.78, 5) is 11.9. The fraction of sp³-hybridized carbons (Fsp3) is 0. The molecule has 0 aliphatic rings. The standard InChI is InChI=1S/C13H10Cl2N2O3S/c14-8-1-4-10(5-2-8)21(19,20)17-13(18)11-6-3-9(16)7-12(11)15/h1-7H,16H2,(H,17,18). The van der Waals surface area contributed by atoms with Gasteiger partial charge in [-0.25, -0.2) is 13.1 Å². The van der Waals surface area contributed by atoms with Crippen molar-refractivity contribution < 1.29 is 13.2 Å². The molecule has 1 amide bonds. The second-order valence-electron chi connectivity index (χ2n) is 4.13. The molecule has 0 fully saturated rings. The molecule has 0 spiro atoms. The summed E-state index contributed by atoms with van der Waals surface area (Å²) in [5, 5.41) is 0.459. The molecule has 0 unspecified atom stereocenters. The van der Waals surface area contributed by atoms with Crippen molar-refractivity contribution in [2.24, 2.45) is 0 Å². The zero-order valence-electron chi connectivity index (χ0n) is 10.5. The molecule has 2 rings (SSSR count). The van der Waals surface area contributed by atoms with Gasteiger partial charge in [-0.2, -0.15) is 0 Å². The minimum absolute atomic E-state index is 0.0170. The van der Waals surface area contributed by atoms with Crippen LogP contribution in [0.4, 0.5) is 5.69 Å². The first-order valence-corrected chi connectivity index (χ1v) is 7.91. The minimum Gasteiger partial charge on any atom is -0.399 e. The number of anilines is 1. The van der Waals surface area contributed by atoms with Gasteiger partial charge in [0, 0.05) is 10.7 Å². The zero-order valence-corrected chi connectivity index (χ0v) is 12.8. The Bertz CT molecular complexity index is 790. The monoisotopic (exact) mass is 344 g/mol. The van der Waals surface area contributed by atoms with Crippen LogP contribution in [-0.4, -0.2) is 14.3 Å². The van der Waals surface area contributed by atoms with Gasteiger partial charge >= 0.3 is 0 Å². The largest absolute Gasteiger partial charge is 0.399 e. The molecule has 0 bridgehead atoms. The molecule has 3 N–H and O–H groups in total.